The van der Waals surface area contributed by atoms with Gasteiger partial charge in [-0.3, -0.25) is 4.79 Å². The molecule has 0 spiro atoms. The number of hydrogen-bond donors (Lipinski definition) is 1. The predicted molar refractivity (Wildman–Crippen MR) is 137 cm³/mol. The summed E-state index contributed by atoms with van der Waals surface area (Å²) < 4.78 is 20.2. The number of nitrogens with zero attached hydrogens (tertiary/aromatic N) is 1. The molecule has 1 amide bonds. The van der Waals surface area contributed by atoms with Gasteiger partial charge in [0, 0.05) is 10.0 Å². The van der Waals surface area contributed by atoms with Crippen molar-refractivity contribution in [2.75, 3.05) is 0 Å². The summed E-state index contributed by atoms with van der Waals surface area (Å²) in [5.74, 6) is -1.37. The highest BCUT2D eigenvalue weighted by molar-refractivity contribution is 9.11. The van der Waals surface area contributed by atoms with Crippen LogP contribution in [0.15, 0.2) is 92.9 Å². The Labute approximate surface area is 211 Å². The second-order valence-corrected chi connectivity index (χ2v) is 9.08. The molecule has 5 nitrogen and oxygen atoms in total. The van der Waals surface area contributed by atoms with E-state index in [4.69, 9.17) is 4.74 Å². The highest BCUT2D eigenvalue weighted by Crippen LogP contribution is 2.32. The number of nitrogens with one attached hydrogen (secondary N) is 1. The highest BCUT2D eigenvalue weighted by atomic mass is 79.9. The first-order valence-electron chi connectivity index (χ1n) is 10.2. The Kier molecular flexibility index (Phi) is 7.49. The molecule has 0 radical (unpaired) electrons. The number of carbonyl (C=O) groups is 2. The molecule has 0 aliphatic rings. The van der Waals surface area contributed by atoms with Crippen LogP contribution in [0.2, 0.25) is 0 Å². The highest BCUT2D eigenvalue weighted by Gasteiger charge is 2.16. The Balaban J connectivity index is 1.50. The van der Waals surface area contributed by atoms with Crippen LogP contribution in [0.4, 0.5) is 4.39 Å². The first kappa shape index (κ1) is 23.8. The van der Waals surface area contributed by atoms with Crippen molar-refractivity contribution in [3.8, 4) is 5.75 Å². The number of rotatable bonds is 6. The topological polar surface area (TPSA) is 67.8 Å². The van der Waals surface area contributed by atoms with Gasteiger partial charge in [-0.1, -0.05) is 64.5 Å². The molecule has 4 rings (SSSR count). The van der Waals surface area contributed by atoms with Gasteiger partial charge >= 0.3 is 5.97 Å². The maximum Gasteiger partial charge on any atom is 0.343 e. The number of hydrogen-bond acceptors (Lipinski definition) is 4. The van der Waals surface area contributed by atoms with Crippen LogP contribution in [-0.4, -0.2) is 18.1 Å². The van der Waals surface area contributed by atoms with Crippen LogP contribution in [0.25, 0.3) is 10.8 Å². The zero-order valence-electron chi connectivity index (χ0n) is 17.6. The smallest absolute Gasteiger partial charge is 0.343 e. The quantitative estimate of drug-likeness (QED) is 0.123. The number of carbonyl (C=O) groups excluding carboxylic acids is 2. The van der Waals surface area contributed by atoms with Crippen molar-refractivity contribution in [2.24, 2.45) is 5.10 Å². The summed E-state index contributed by atoms with van der Waals surface area (Å²) in [6, 6.07) is 22.2. The molecule has 0 saturated carbocycles. The second-order valence-electron chi connectivity index (χ2n) is 7.31. The summed E-state index contributed by atoms with van der Waals surface area (Å²) in [5.41, 5.74) is 3.90. The molecule has 34 heavy (non-hydrogen) atoms. The van der Waals surface area contributed by atoms with E-state index in [1.54, 1.807) is 12.1 Å². The molecule has 0 aliphatic heterocycles. The van der Waals surface area contributed by atoms with Crippen molar-refractivity contribution in [1.29, 1.82) is 0 Å². The van der Waals surface area contributed by atoms with Crippen molar-refractivity contribution < 1.29 is 18.7 Å². The maximum absolute atomic E-state index is 13.5. The minimum Gasteiger partial charge on any atom is -0.421 e. The van der Waals surface area contributed by atoms with Crippen LogP contribution in [0.3, 0.4) is 0 Å². The Morgan fingerprint density at radius 1 is 0.971 bits per heavy atom. The van der Waals surface area contributed by atoms with Gasteiger partial charge in [-0.05, 0) is 62.6 Å². The largest absolute Gasteiger partial charge is 0.421 e. The van der Waals surface area contributed by atoms with Gasteiger partial charge in [-0.25, -0.2) is 14.6 Å². The molecule has 0 bridgehead atoms. The third-order valence-electron chi connectivity index (χ3n) is 4.92. The summed E-state index contributed by atoms with van der Waals surface area (Å²) in [6.45, 7) is 0. The third kappa shape index (κ3) is 5.76. The van der Waals surface area contributed by atoms with E-state index in [2.05, 4.69) is 42.4 Å². The fourth-order valence-corrected chi connectivity index (χ4v) is 4.72. The zero-order valence-corrected chi connectivity index (χ0v) is 20.8. The molecule has 0 unspecified atom stereocenters. The van der Waals surface area contributed by atoms with Gasteiger partial charge < -0.3 is 4.74 Å². The fourth-order valence-electron chi connectivity index (χ4n) is 3.38. The van der Waals surface area contributed by atoms with E-state index >= 15 is 0 Å². The zero-order chi connectivity index (χ0) is 24.1. The molecule has 0 aliphatic carbocycles. The van der Waals surface area contributed by atoms with E-state index in [1.165, 1.54) is 24.4 Å². The number of ether oxygens (including phenoxy) is 1. The molecule has 0 fully saturated rings. The van der Waals surface area contributed by atoms with Crippen LogP contribution < -0.4 is 10.2 Å². The van der Waals surface area contributed by atoms with Crippen molar-refractivity contribution >= 4 is 60.7 Å². The number of hydrazone groups is 1. The van der Waals surface area contributed by atoms with Gasteiger partial charge in [0.1, 0.15) is 5.82 Å². The molecule has 0 aromatic heterocycles. The van der Waals surface area contributed by atoms with Gasteiger partial charge in [0.2, 0.25) is 5.91 Å². The monoisotopic (exact) mass is 582 g/mol. The number of amides is 1. The van der Waals surface area contributed by atoms with E-state index in [-0.39, 0.29) is 23.6 Å². The van der Waals surface area contributed by atoms with Gasteiger partial charge in [0.25, 0.3) is 0 Å². The normalized spacial score (nSPS) is 11.0. The summed E-state index contributed by atoms with van der Waals surface area (Å²) in [4.78, 5) is 25.0. The van der Waals surface area contributed by atoms with Gasteiger partial charge in [-0.2, -0.15) is 5.10 Å². The molecular weight excluding hydrogens is 567 g/mol. The molecule has 0 heterocycles. The Hall–Kier alpha value is -3.36. The third-order valence-corrected chi connectivity index (χ3v) is 5.96. The lowest BCUT2D eigenvalue weighted by Crippen LogP contribution is -2.20. The van der Waals surface area contributed by atoms with Crippen molar-refractivity contribution in [2.45, 2.75) is 6.42 Å². The molecule has 0 atom stereocenters. The molecule has 170 valence electrons. The van der Waals surface area contributed by atoms with Gasteiger partial charge in [0.15, 0.2) is 5.75 Å². The SMILES string of the molecule is O=C(Cc1cccc2ccccc12)N/N=C/c1cc(Br)cc(Br)c1OC(=O)c1cccc(F)c1. The summed E-state index contributed by atoms with van der Waals surface area (Å²) >= 11 is 6.76. The van der Waals surface area contributed by atoms with Crippen molar-refractivity contribution in [3.05, 3.63) is 110 Å². The van der Waals surface area contributed by atoms with Crippen LogP contribution >= 0.6 is 31.9 Å². The predicted octanol–water partition coefficient (Wildman–Crippen LogP) is 6.42. The average Bonchev–Trinajstić information content (AvgIpc) is 2.81. The van der Waals surface area contributed by atoms with Crippen LogP contribution in [0.1, 0.15) is 21.5 Å². The fraction of sp³-hybridized carbons (Fsp3) is 0.0385. The molecule has 4 aromatic carbocycles. The van der Waals surface area contributed by atoms with E-state index in [0.29, 0.717) is 14.5 Å². The molecule has 0 saturated heterocycles. The number of benzene rings is 4. The molecule has 4 aromatic rings. The van der Waals surface area contributed by atoms with Crippen molar-refractivity contribution in [3.63, 3.8) is 0 Å². The minimum atomic E-state index is -0.725. The van der Waals surface area contributed by atoms with Crippen LogP contribution in [0.5, 0.6) is 5.75 Å². The van der Waals surface area contributed by atoms with Gasteiger partial charge in [0.05, 0.1) is 22.7 Å². The molecular formula is C26H17Br2FN2O3. The van der Waals surface area contributed by atoms with E-state index in [9.17, 15) is 14.0 Å². The maximum atomic E-state index is 13.5. The number of halogens is 3. The lowest BCUT2D eigenvalue weighted by atomic mass is 10.0. The van der Waals surface area contributed by atoms with Crippen LogP contribution in [-0.2, 0) is 11.2 Å². The standard InChI is InChI=1S/C26H17Br2FN2O3/c27-20-11-19(25(23(28)14-20)34-26(33)18-8-4-9-21(29)12-18)15-30-31-24(32)13-17-7-3-6-16-5-1-2-10-22(16)17/h1-12,14-15H,13H2,(H,31,32)/b30-15+. The molecule has 1 N–H and O–H groups in total. The van der Waals surface area contributed by atoms with E-state index in [1.807, 2.05) is 42.5 Å². The lowest BCUT2D eigenvalue weighted by Gasteiger charge is -2.11. The van der Waals surface area contributed by atoms with Gasteiger partial charge in [-0.15, -0.1) is 0 Å². The summed E-state index contributed by atoms with van der Waals surface area (Å²) in [5, 5.41) is 6.10. The number of fused-ring (bicyclic) bond motifs is 1. The Morgan fingerprint density at radius 3 is 2.56 bits per heavy atom. The van der Waals surface area contributed by atoms with Crippen LogP contribution in [0, 0.1) is 5.82 Å². The minimum absolute atomic E-state index is 0.0705. The first-order chi connectivity index (χ1) is 16.4. The molecule has 8 heteroatoms. The second kappa shape index (κ2) is 10.7. The lowest BCUT2D eigenvalue weighted by molar-refractivity contribution is -0.120. The average molecular weight is 584 g/mol. The first-order valence-corrected chi connectivity index (χ1v) is 11.7. The Bertz CT molecular complexity index is 1420. The summed E-state index contributed by atoms with van der Waals surface area (Å²) in [6.07, 6.45) is 1.53. The van der Waals surface area contributed by atoms with E-state index < -0.39 is 11.8 Å². The summed E-state index contributed by atoms with van der Waals surface area (Å²) in [7, 11) is 0. The van der Waals surface area contributed by atoms with Crippen molar-refractivity contribution in [1.82, 2.24) is 5.43 Å². The van der Waals surface area contributed by atoms with E-state index in [0.717, 1.165) is 22.4 Å². The Morgan fingerprint density at radius 2 is 1.74 bits per heavy atom. The number of esters is 1.